The molecule has 0 spiro atoms. The predicted molar refractivity (Wildman–Crippen MR) is 107 cm³/mol. The van der Waals surface area contributed by atoms with Crippen LogP contribution in [0.4, 0.5) is 0 Å². The number of aryl methyl sites for hydroxylation is 2. The molecule has 0 atom stereocenters. The van der Waals surface area contributed by atoms with E-state index in [2.05, 4.69) is 66.6 Å². The molecule has 0 saturated heterocycles. The summed E-state index contributed by atoms with van der Waals surface area (Å²) >= 11 is 0. The van der Waals surface area contributed by atoms with Gasteiger partial charge in [0, 0.05) is 0 Å². The Labute approximate surface area is 151 Å². The summed E-state index contributed by atoms with van der Waals surface area (Å²) in [5, 5.41) is 0. The van der Waals surface area contributed by atoms with Crippen LogP contribution in [0, 0.1) is 0 Å². The molecule has 0 heterocycles. The average Bonchev–Trinajstić information content (AvgIpc) is 2.45. The van der Waals surface area contributed by atoms with Crippen molar-refractivity contribution in [3.63, 3.8) is 0 Å². The molecule has 2 heteroatoms. The van der Waals surface area contributed by atoms with Gasteiger partial charge in [0.15, 0.2) is 0 Å². The molecule has 138 valence electrons. The van der Waals surface area contributed by atoms with Gasteiger partial charge in [-0.15, -0.1) is 0 Å². The Hall–Kier alpha value is -0.860. The van der Waals surface area contributed by atoms with E-state index in [0.717, 1.165) is 8.97 Å². The van der Waals surface area contributed by atoms with Crippen molar-refractivity contribution in [2.75, 3.05) is 55.4 Å². The number of hydrogen-bond acceptors (Lipinski definition) is 0. The average molecular weight is 335 g/mol. The lowest BCUT2D eigenvalue weighted by Gasteiger charge is -2.23. The van der Waals surface area contributed by atoms with Gasteiger partial charge in [-0.1, -0.05) is 24.3 Å². The van der Waals surface area contributed by atoms with Crippen molar-refractivity contribution in [3.05, 3.63) is 35.4 Å². The highest BCUT2D eigenvalue weighted by molar-refractivity contribution is 5.22. The van der Waals surface area contributed by atoms with E-state index in [1.54, 1.807) is 0 Å². The maximum Gasteiger partial charge on any atom is 0.0780 e. The zero-order valence-electron chi connectivity index (χ0n) is 17.3. The fourth-order valence-electron chi connectivity index (χ4n) is 3.06. The molecule has 0 aliphatic rings. The van der Waals surface area contributed by atoms with Crippen LogP contribution in [0.25, 0.3) is 0 Å². The van der Waals surface area contributed by atoms with Crippen LogP contribution in [0.15, 0.2) is 24.3 Å². The third-order valence-corrected chi connectivity index (χ3v) is 4.61. The van der Waals surface area contributed by atoms with E-state index in [1.165, 1.54) is 75.6 Å². The molecule has 1 aromatic rings. The van der Waals surface area contributed by atoms with Crippen LogP contribution >= 0.6 is 0 Å². The van der Waals surface area contributed by atoms with Gasteiger partial charge in [-0.3, -0.25) is 0 Å². The molecule has 1 aromatic carbocycles. The van der Waals surface area contributed by atoms with E-state index in [9.17, 15) is 0 Å². The van der Waals surface area contributed by atoms with E-state index < -0.39 is 0 Å². The van der Waals surface area contributed by atoms with Crippen molar-refractivity contribution in [3.8, 4) is 0 Å². The summed E-state index contributed by atoms with van der Waals surface area (Å²) in [4.78, 5) is 0. The zero-order chi connectivity index (χ0) is 18.1. The second kappa shape index (κ2) is 10.2. The van der Waals surface area contributed by atoms with Crippen LogP contribution in [0.3, 0.4) is 0 Å². The fourth-order valence-corrected chi connectivity index (χ4v) is 3.06. The van der Waals surface area contributed by atoms with Crippen LogP contribution in [-0.2, 0) is 12.8 Å². The van der Waals surface area contributed by atoms with E-state index in [-0.39, 0.29) is 0 Å². The first-order valence-corrected chi connectivity index (χ1v) is 9.84. The molecule has 0 aliphatic heterocycles. The minimum Gasteiger partial charge on any atom is -0.331 e. The van der Waals surface area contributed by atoms with E-state index in [0.29, 0.717) is 0 Å². The maximum absolute atomic E-state index is 2.35. The van der Waals surface area contributed by atoms with E-state index in [4.69, 9.17) is 0 Å². The summed E-state index contributed by atoms with van der Waals surface area (Å²) in [5.41, 5.74) is 3.02. The van der Waals surface area contributed by atoms with Gasteiger partial charge < -0.3 is 8.97 Å². The second-order valence-electron chi connectivity index (χ2n) is 9.47. The van der Waals surface area contributed by atoms with Gasteiger partial charge in [-0.25, -0.2) is 0 Å². The van der Waals surface area contributed by atoms with E-state index >= 15 is 0 Å². The highest BCUT2D eigenvalue weighted by Gasteiger charge is 2.06. The molecule has 0 aliphatic carbocycles. The quantitative estimate of drug-likeness (QED) is 0.389. The summed E-state index contributed by atoms with van der Waals surface area (Å²) in [6, 6.07) is 9.39. The Morgan fingerprint density at radius 1 is 0.500 bits per heavy atom. The summed E-state index contributed by atoms with van der Waals surface area (Å²) in [5.74, 6) is 0. The van der Waals surface area contributed by atoms with Gasteiger partial charge in [-0.05, 0) is 62.5 Å². The maximum atomic E-state index is 2.35. The van der Waals surface area contributed by atoms with Crippen molar-refractivity contribution in [2.45, 2.75) is 51.4 Å². The van der Waals surface area contributed by atoms with Crippen LogP contribution in [0.1, 0.15) is 49.7 Å². The molecule has 24 heavy (non-hydrogen) atoms. The second-order valence-corrected chi connectivity index (χ2v) is 9.47. The first-order chi connectivity index (χ1) is 11.2. The van der Waals surface area contributed by atoms with Crippen molar-refractivity contribution in [2.24, 2.45) is 0 Å². The summed E-state index contributed by atoms with van der Waals surface area (Å²) in [6.07, 6.45) is 10.5. The largest absolute Gasteiger partial charge is 0.331 e. The van der Waals surface area contributed by atoms with Crippen molar-refractivity contribution >= 4 is 0 Å². The van der Waals surface area contributed by atoms with Crippen molar-refractivity contribution in [1.82, 2.24) is 0 Å². The standard InChI is InChI=1S/C22H42N2/c1-23(2,3)19-11-7-9-13-21-15-17-22(18-16-21)14-10-8-12-20-24(4,5)6/h15-18H,7-14,19-20H2,1-6H3/q+2. The molecule has 0 radical (unpaired) electrons. The molecule has 0 fully saturated rings. The minimum atomic E-state index is 1.09. The normalized spacial score (nSPS) is 12.6. The highest BCUT2D eigenvalue weighted by Crippen LogP contribution is 2.12. The molecule has 0 unspecified atom stereocenters. The topological polar surface area (TPSA) is 0 Å². The summed E-state index contributed by atoms with van der Waals surface area (Å²) < 4.78 is 2.17. The predicted octanol–water partition coefficient (Wildman–Crippen LogP) is 4.52. The fraction of sp³-hybridized carbons (Fsp3) is 0.727. The van der Waals surface area contributed by atoms with Crippen LogP contribution in [0.5, 0.6) is 0 Å². The minimum absolute atomic E-state index is 1.09. The lowest BCUT2D eigenvalue weighted by molar-refractivity contribution is -0.870. The van der Waals surface area contributed by atoms with Gasteiger partial charge in [0.05, 0.1) is 55.4 Å². The summed E-state index contributed by atoms with van der Waals surface area (Å²) in [7, 11) is 13.7. The lowest BCUT2D eigenvalue weighted by Crippen LogP contribution is -2.35. The SMILES string of the molecule is C[N+](C)(C)CCCCCc1ccc(CCCCC[N+](C)(C)C)cc1. The van der Waals surface area contributed by atoms with Crippen molar-refractivity contribution in [1.29, 1.82) is 0 Å². The van der Waals surface area contributed by atoms with Crippen LogP contribution in [0.2, 0.25) is 0 Å². The number of quaternary nitrogens is 2. The van der Waals surface area contributed by atoms with Gasteiger partial charge in [0.2, 0.25) is 0 Å². The molecule has 0 N–H and O–H groups in total. The first kappa shape index (κ1) is 21.2. The van der Waals surface area contributed by atoms with E-state index in [1.807, 2.05) is 0 Å². The molecule has 0 bridgehead atoms. The third kappa shape index (κ3) is 11.6. The number of hydrogen-bond donors (Lipinski definition) is 0. The lowest BCUT2D eigenvalue weighted by atomic mass is 10.0. The molecular formula is C22H42N2+2. The molecule has 0 aromatic heterocycles. The number of rotatable bonds is 12. The van der Waals surface area contributed by atoms with Gasteiger partial charge in [0.1, 0.15) is 0 Å². The van der Waals surface area contributed by atoms with Crippen LogP contribution < -0.4 is 0 Å². The number of unbranched alkanes of at least 4 members (excludes halogenated alkanes) is 4. The molecule has 0 amide bonds. The Kier molecular flexibility index (Phi) is 9.01. The number of nitrogens with zero attached hydrogens (tertiary/aromatic N) is 2. The third-order valence-electron chi connectivity index (χ3n) is 4.61. The van der Waals surface area contributed by atoms with Crippen molar-refractivity contribution < 1.29 is 8.97 Å². The van der Waals surface area contributed by atoms with Gasteiger partial charge in [0.25, 0.3) is 0 Å². The van der Waals surface area contributed by atoms with Crippen LogP contribution in [-0.4, -0.2) is 64.3 Å². The monoisotopic (exact) mass is 334 g/mol. The zero-order valence-corrected chi connectivity index (χ0v) is 17.3. The molecule has 0 saturated carbocycles. The molecule has 1 rings (SSSR count). The Balaban J connectivity index is 2.14. The highest BCUT2D eigenvalue weighted by atomic mass is 15.3. The summed E-state index contributed by atoms with van der Waals surface area (Å²) in [6.45, 7) is 2.57. The molecular weight excluding hydrogens is 292 g/mol. The Bertz CT molecular complexity index is 392. The molecule has 2 nitrogen and oxygen atoms in total. The van der Waals surface area contributed by atoms with Gasteiger partial charge >= 0.3 is 0 Å². The smallest absolute Gasteiger partial charge is 0.0780 e. The van der Waals surface area contributed by atoms with Gasteiger partial charge in [-0.2, -0.15) is 0 Å². The number of benzene rings is 1. The Morgan fingerprint density at radius 2 is 0.833 bits per heavy atom. The Morgan fingerprint density at radius 3 is 1.12 bits per heavy atom. The first-order valence-electron chi connectivity index (χ1n) is 9.84.